The van der Waals surface area contributed by atoms with E-state index in [1.807, 2.05) is 13.1 Å². The van der Waals surface area contributed by atoms with Crippen LogP contribution in [0.3, 0.4) is 0 Å². The molecule has 0 spiro atoms. The Labute approximate surface area is 108 Å². The molecule has 0 bridgehead atoms. The van der Waals surface area contributed by atoms with E-state index in [1.165, 1.54) is 0 Å². The van der Waals surface area contributed by atoms with Gasteiger partial charge in [0.1, 0.15) is 5.82 Å². The zero-order chi connectivity index (χ0) is 13.8. The van der Waals surface area contributed by atoms with Gasteiger partial charge in [-0.15, -0.1) is 0 Å². The second-order valence-corrected chi connectivity index (χ2v) is 4.81. The van der Waals surface area contributed by atoms with Gasteiger partial charge in [-0.3, -0.25) is 0 Å². The summed E-state index contributed by atoms with van der Waals surface area (Å²) in [6.07, 6.45) is 5.40. The summed E-state index contributed by atoms with van der Waals surface area (Å²) < 4.78 is 0. The molecule has 0 saturated heterocycles. The molecule has 0 radical (unpaired) electrons. The number of carboxylic acids is 1. The van der Waals surface area contributed by atoms with Gasteiger partial charge in [0, 0.05) is 30.4 Å². The van der Waals surface area contributed by atoms with Crippen molar-refractivity contribution in [3.8, 4) is 0 Å². The van der Waals surface area contributed by atoms with E-state index < -0.39 is 5.97 Å². The summed E-state index contributed by atoms with van der Waals surface area (Å²) in [7, 11) is 1.98. The molecule has 4 nitrogen and oxygen atoms in total. The lowest BCUT2D eigenvalue weighted by Gasteiger charge is -2.36. The molecule has 1 rings (SSSR count). The van der Waals surface area contributed by atoms with Gasteiger partial charge in [0.05, 0.1) is 0 Å². The summed E-state index contributed by atoms with van der Waals surface area (Å²) in [5, 5.41) is 8.69. The Morgan fingerprint density at radius 3 is 2.78 bits per heavy atom. The van der Waals surface area contributed by atoms with E-state index >= 15 is 0 Å². The van der Waals surface area contributed by atoms with Crippen molar-refractivity contribution >= 4 is 17.9 Å². The molecule has 1 aromatic rings. The van der Waals surface area contributed by atoms with Crippen LogP contribution in [0.4, 0.5) is 5.82 Å². The molecule has 1 heterocycles. The average molecular weight is 248 g/mol. The van der Waals surface area contributed by atoms with E-state index in [1.54, 1.807) is 18.3 Å². The van der Waals surface area contributed by atoms with Gasteiger partial charge in [-0.25, -0.2) is 9.78 Å². The highest BCUT2D eigenvalue weighted by Gasteiger charge is 2.23. The number of aliphatic carboxylic acids is 1. The van der Waals surface area contributed by atoms with Crippen LogP contribution in [0.15, 0.2) is 24.4 Å². The van der Waals surface area contributed by atoms with Crippen molar-refractivity contribution in [3.05, 3.63) is 30.0 Å². The van der Waals surface area contributed by atoms with Crippen LogP contribution in [0.1, 0.15) is 32.8 Å². The maximum atomic E-state index is 10.6. The van der Waals surface area contributed by atoms with Crippen molar-refractivity contribution < 1.29 is 9.90 Å². The average Bonchev–Trinajstić information content (AvgIpc) is 2.35. The van der Waals surface area contributed by atoms with E-state index in [0.717, 1.165) is 23.9 Å². The molecule has 0 atom stereocenters. The number of hydrogen-bond donors (Lipinski definition) is 1. The molecule has 98 valence electrons. The van der Waals surface area contributed by atoms with Gasteiger partial charge in [-0.05, 0) is 38.5 Å². The van der Waals surface area contributed by atoms with Crippen molar-refractivity contribution in [2.75, 3.05) is 11.9 Å². The molecule has 0 aliphatic carbocycles. The molecule has 18 heavy (non-hydrogen) atoms. The third-order valence-corrected chi connectivity index (χ3v) is 3.31. The van der Waals surface area contributed by atoms with Crippen LogP contribution in [0.2, 0.25) is 0 Å². The van der Waals surface area contributed by atoms with Crippen molar-refractivity contribution in [1.29, 1.82) is 0 Å². The minimum Gasteiger partial charge on any atom is -0.478 e. The van der Waals surface area contributed by atoms with Crippen LogP contribution >= 0.6 is 0 Å². The van der Waals surface area contributed by atoms with E-state index in [0.29, 0.717) is 0 Å². The fraction of sp³-hybridized carbons (Fsp3) is 0.429. The van der Waals surface area contributed by atoms with E-state index in [4.69, 9.17) is 5.11 Å². The van der Waals surface area contributed by atoms with E-state index in [9.17, 15) is 4.79 Å². The van der Waals surface area contributed by atoms with E-state index in [-0.39, 0.29) is 5.54 Å². The Hall–Kier alpha value is -1.84. The van der Waals surface area contributed by atoms with Gasteiger partial charge in [-0.2, -0.15) is 0 Å². The second kappa shape index (κ2) is 5.67. The minimum absolute atomic E-state index is 0.0276. The van der Waals surface area contributed by atoms with Crippen LogP contribution in [-0.4, -0.2) is 28.6 Å². The topological polar surface area (TPSA) is 53.4 Å². The summed E-state index contributed by atoms with van der Waals surface area (Å²) >= 11 is 0. The maximum Gasteiger partial charge on any atom is 0.328 e. The van der Waals surface area contributed by atoms with Gasteiger partial charge in [-0.1, -0.05) is 6.92 Å². The lowest BCUT2D eigenvalue weighted by Crippen LogP contribution is -2.41. The number of aromatic nitrogens is 1. The van der Waals surface area contributed by atoms with Crippen LogP contribution in [-0.2, 0) is 4.79 Å². The van der Waals surface area contributed by atoms with Crippen molar-refractivity contribution in [3.63, 3.8) is 0 Å². The predicted octanol–water partition coefficient (Wildman–Crippen LogP) is 2.80. The first-order valence-electron chi connectivity index (χ1n) is 5.98. The Morgan fingerprint density at radius 1 is 1.56 bits per heavy atom. The Kier molecular flexibility index (Phi) is 4.48. The Morgan fingerprint density at radius 2 is 2.22 bits per heavy atom. The van der Waals surface area contributed by atoms with Gasteiger partial charge < -0.3 is 10.0 Å². The Balaban J connectivity index is 3.13. The number of carbonyl (C=O) groups is 1. The molecular weight excluding hydrogens is 228 g/mol. The lowest BCUT2D eigenvalue weighted by atomic mass is 9.99. The third kappa shape index (κ3) is 3.32. The highest BCUT2D eigenvalue weighted by Crippen LogP contribution is 2.26. The second-order valence-electron chi connectivity index (χ2n) is 4.81. The normalized spacial score (nSPS) is 11.8. The van der Waals surface area contributed by atoms with Crippen molar-refractivity contribution in [1.82, 2.24) is 4.98 Å². The summed E-state index contributed by atoms with van der Waals surface area (Å²) in [6, 6.07) is 3.67. The van der Waals surface area contributed by atoms with Crippen LogP contribution < -0.4 is 4.90 Å². The molecule has 0 aromatic carbocycles. The van der Waals surface area contributed by atoms with Gasteiger partial charge in [0.25, 0.3) is 0 Å². The van der Waals surface area contributed by atoms with Crippen LogP contribution in [0.25, 0.3) is 6.08 Å². The summed E-state index contributed by atoms with van der Waals surface area (Å²) in [5.41, 5.74) is 0.782. The fourth-order valence-corrected chi connectivity index (χ4v) is 1.50. The first-order valence-corrected chi connectivity index (χ1v) is 5.98. The number of anilines is 1. The van der Waals surface area contributed by atoms with Crippen molar-refractivity contribution in [2.45, 2.75) is 32.7 Å². The summed E-state index contributed by atoms with van der Waals surface area (Å²) in [4.78, 5) is 17.0. The minimum atomic E-state index is -0.956. The Bertz CT molecular complexity index is 453. The molecule has 0 aliphatic rings. The van der Waals surface area contributed by atoms with Crippen LogP contribution in [0, 0.1) is 0 Å². The number of hydrogen-bond acceptors (Lipinski definition) is 3. The number of carboxylic acid groups (broad SMARTS) is 1. The molecule has 0 unspecified atom stereocenters. The quantitative estimate of drug-likeness (QED) is 0.814. The number of rotatable bonds is 5. The first kappa shape index (κ1) is 14.2. The molecule has 1 N–H and O–H groups in total. The molecule has 0 saturated carbocycles. The SMILES string of the molecule is CCC(C)(C)N(C)c1ncccc1/C=C/C(=O)O. The molecule has 0 aliphatic heterocycles. The molecular formula is C14H20N2O2. The van der Waals surface area contributed by atoms with Gasteiger partial charge in [0.15, 0.2) is 0 Å². The smallest absolute Gasteiger partial charge is 0.328 e. The molecule has 4 heteroatoms. The number of nitrogens with zero attached hydrogens (tertiary/aromatic N) is 2. The first-order chi connectivity index (χ1) is 8.38. The summed E-state index contributed by atoms with van der Waals surface area (Å²) in [5.74, 6) is -0.163. The zero-order valence-corrected chi connectivity index (χ0v) is 11.3. The van der Waals surface area contributed by atoms with E-state index in [2.05, 4.69) is 30.7 Å². The lowest BCUT2D eigenvalue weighted by molar-refractivity contribution is -0.131. The predicted molar refractivity (Wildman–Crippen MR) is 73.7 cm³/mol. The zero-order valence-electron chi connectivity index (χ0n) is 11.3. The highest BCUT2D eigenvalue weighted by molar-refractivity contribution is 5.86. The van der Waals surface area contributed by atoms with Crippen molar-refractivity contribution in [2.24, 2.45) is 0 Å². The number of pyridine rings is 1. The maximum absolute atomic E-state index is 10.6. The van der Waals surface area contributed by atoms with Crippen LogP contribution in [0.5, 0.6) is 0 Å². The molecule has 1 aromatic heterocycles. The largest absolute Gasteiger partial charge is 0.478 e. The third-order valence-electron chi connectivity index (χ3n) is 3.31. The monoisotopic (exact) mass is 248 g/mol. The standard InChI is InChI=1S/C14H20N2O2/c1-5-14(2,3)16(4)13-11(7-6-10-15-13)8-9-12(17)18/h6-10H,5H2,1-4H3,(H,17,18)/b9-8+. The van der Waals surface area contributed by atoms with Gasteiger partial charge in [0.2, 0.25) is 0 Å². The fourth-order valence-electron chi connectivity index (χ4n) is 1.50. The molecule has 0 fully saturated rings. The summed E-state index contributed by atoms with van der Waals surface area (Å²) in [6.45, 7) is 6.38. The molecule has 0 amide bonds. The van der Waals surface area contributed by atoms with Gasteiger partial charge >= 0.3 is 5.97 Å². The highest BCUT2D eigenvalue weighted by atomic mass is 16.4.